The van der Waals surface area contributed by atoms with Gasteiger partial charge < -0.3 is 32.8 Å². The maximum atomic E-state index is 14.5. The van der Waals surface area contributed by atoms with Gasteiger partial charge in [-0.15, -0.1) is 0 Å². The fourth-order valence-electron chi connectivity index (χ4n) is 8.45. The molecule has 356 valence electrons. The van der Waals surface area contributed by atoms with E-state index in [0.717, 1.165) is 33.8 Å². The van der Waals surface area contributed by atoms with Crippen LogP contribution in [-0.4, -0.2) is 67.7 Å². The predicted molar refractivity (Wildman–Crippen MR) is 260 cm³/mol. The minimum absolute atomic E-state index is 0.0218. The standard InChI is InChI=1S/C51H72FN2O9PSi/c1-34(2)54-44-26-24-40(59-33-64(57,63-39-18-16-15-17-19-39)53-36(5)48(56)60-35(3)4)31-43(44)47(37-20-22-38(52)23-21-37)45(54)27-25-41-30-42(32-46(55)58-28-29-65(12,13)14)62-51(61-41,49(6,7)8)50(9,10)11/h15-27,31,34-36,41-42H,28-30,32-33H2,1-14H3,(H,53,57)/b27-25+/t36-,41+,42+,64?/m0/s1. The molecule has 0 spiro atoms. The first-order valence-electron chi connectivity index (χ1n) is 22.8. The molecule has 0 bridgehead atoms. The lowest BCUT2D eigenvalue weighted by molar-refractivity contribution is -0.389. The van der Waals surface area contributed by atoms with Crippen LogP contribution in [0.15, 0.2) is 78.9 Å². The van der Waals surface area contributed by atoms with E-state index in [4.69, 9.17) is 28.2 Å². The normalized spacial score (nSPS) is 18.5. The third-order valence-electron chi connectivity index (χ3n) is 11.3. The Kier molecular flexibility index (Phi) is 16.5. The Labute approximate surface area is 387 Å². The van der Waals surface area contributed by atoms with Crippen molar-refractivity contribution in [1.29, 1.82) is 0 Å². The number of aromatic nitrogens is 1. The van der Waals surface area contributed by atoms with Crippen molar-refractivity contribution in [2.24, 2.45) is 10.8 Å². The molecule has 1 aromatic heterocycles. The molecule has 1 saturated heterocycles. The number of para-hydroxylation sites is 1. The molecule has 4 atom stereocenters. The van der Waals surface area contributed by atoms with Gasteiger partial charge in [0, 0.05) is 53.5 Å². The van der Waals surface area contributed by atoms with Gasteiger partial charge in [-0.3, -0.25) is 14.2 Å². The van der Waals surface area contributed by atoms with Gasteiger partial charge in [-0.25, -0.2) is 9.48 Å². The molecule has 5 rings (SSSR count). The summed E-state index contributed by atoms with van der Waals surface area (Å²) in [5, 5.41) is 3.68. The van der Waals surface area contributed by atoms with Gasteiger partial charge in [0.05, 0.1) is 31.3 Å². The van der Waals surface area contributed by atoms with Crippen LogP contribution in [0.3, 0.4) is 0 Å². The van der Waals surface area contributed by atoms with E-state index in [9.17, 15) is 18.5 Å². The van der Waals surface area contributed by atoms with Crippen LogP contribution in [0.25, 0.3) is 28.1 Å². The molecule has 0 radical (unpaired) electrons. The second-order valence-electron chi connectivity index (χ2n) is 20.9. The van der Waals surface area contributed by atoms with Crippen LogP contribution >= 0.6 is 7.52 Å². The maximum absolute atomic E-state index is 14.5. The third kappa shape index (κ3) is 13.2. The van der Waals surface area contributed by atoms with Gasteiger partial charge >= 0.3 is 19.5 Å². The van der Waals surface area contributed by atoms with Crippen LogP contribution in [-0.2, 0) is 33.1 Å². The molecule has 0 aliphatic carbocycles. The van der Waals surface area contributed by atoms with Crippen LogP contribution in [0, 0.1) is 16.6 Å². The molecule has 3 aromatic carbocycles. The smallest absolute Gasteiger partial charge is 0.354 e. The minimum atomic E-state index is -3.89. The fourth-order valence-corrected chi connectivity index (χ4v) is 10.8. The van der Waals surface area contributed by atoms with E-state index in [1.54, 1.807) is 57.2 Å². The molecule has 1 aliphatic rings. The molecular formula is C51H72FN2O9PSi. The topological polar surface area (TPSA) is 124 Å². The van der Waals surface area contributed by atoms with Crippen molar-refractivity contribution in [3.8, 4) is 22.6 Å². The number of halogens is 1. The molecule has 0 amide bonds. The van der Waals surface area contributed by atoms with E-state index < -0.39 is 62.8 Å². The van der Waals surface area contributed by atoms with Crippen molar-refractivity contribution in [3.05, 3.63) is 90.4 Å². The number of hydrogen-bond donors (Lipinski definition) is 1. The van der Waals surface area contributed by atoms with Crippen molar-refractivity contribution >= 4 is 44.5 Å². The number of hydrogen-bond acceptors (Lipinski definition) is 9. The van der Waals surface area contributed by atoms with Gasteiger partial charge in [0.15, 0.2) is 12.1 Å². The maximum Gasteiger partial charge on any atom is 0.354 e. The Morgan fingerprint density at radius 2 is 1.57 bits per heavy atom. The molecule has 14 heteroatoms. The van der Waals surface area contributed by atoms with Crippen LogP contribution in [0.4, 0.5) is 4.39 Å². The van der Waals surface area contributed by atoms with Crippen LogP contribution in [0.2, 0.25) is 25.7 Å². The number of nitrogens with zero attached hydrogens (tertiary/aromatic N) is 1. The number of ether oxygens (including phenoxy) is 5. The largest absolute Gasteiger partial charge is 0.481 e. The summed E-state index contributed by atoms with van der Waals surface area (Å²) in [6.45, 7) is 29.0. The first-order chi connectivity index (χ1) is 30.2. The number of carbonyl (C=O) groups excluding carboxylic acids is 2. The summed E-state index contributed by atoms with van der Waals surface area (Å²) in [6, 6.07) is 20.6. The van der Waals surface area contributed by atoms with Crippen molar-refractivity contribution < 1.29 is 46.8 Å². The summed E-state index contributed by atoms with van der Waals surface area (Å²) in [7, 11) is -5.29. The average Bonchev–Trinajstić information content (AvgIpc) is 3.52. The number of carbonyl (C=O) groups is 2. The Morgan fingerprint density at radius 1 is 0.923 bits per heavy atom. The summed E-state index contributed by atoms with van der Waals surface area (Å²) in [6.07, 6.45) is 2.93. The van der Waals surface area contributed by atoms with Crippen molar-refractivity contribution in [1.82, 2.24) is 9.65 Å². The molecule has 1 N–H and O–H groups in total. The van der Waals surface area contributed by atoms with Gasteiger partial charge in [-0.05, 0) is 94.8 Å². The first kappa shape index (κ1) is 51.7. The van der Waals surface area contributed by atoms with E-state index in [-0.39, 0.29) is 30.4 Å². The number of benzene rings is 3. The number of esters is 2. The molecule has 65 heavy (non-hydrogen) atoms. The highest BCUT2D eigenvalue weighted by atomic mass is 31.2. The summed E-state index contributed by atoms with van der Waals surface area (Å²) >= 11 is 0. The lowest BCUT2D eigenvalue weighted by Gasteiger charge is -2.57. The molecule has 11 nitrogen and oxygen atoms in total. The third-order valence-corrected chi connectivity index (χ3v) is 14.7. The molecule has 0 saturated carbocycles. The Morgan fingerprint density at radius 3 is 2.15 bits per heavy atom. The number of fused-ring (bicyclic) bond motifs is 1. The Hall–Kier alpha value is -4.26. The van der Waals surface area contributed by atoms with Gasteiger partial charge in [-0.2, -0.15) is 0 Å². The molecule has 2 heterocycles. The van der Waals surface area contributed by atoms with Crippen molar-refractivity contribution in [2.75, 3.05) is 13.0 Å². The summed E-state index contributed by atoms with van der Waals surface area (Å²) < 4.78 is 68.7. The summed E-state index contributed by atoms with van der Waals surface area (Å²) in [5.41, 5.74) is 2.38. The second kappa shape index (κ2) is 20.7. The zero-order chi connectivity index (χ0) is 48.1. The summed E-state index contributed by atoms with van der Waals surface area (Å²) in [4.78, 5) is 26.1. The van der Waals surface area contributed by atoms with Crippen molar-refractivity contribution in [2.45, 2.75) is 151 Å². The van der Waals surface area contributed by atoms with E-state index >= 15 is 0 Å². The second-order valence-corrected chi connectivity index (χ2v) is 28.6. The Balaban J connectivity index is 1.56. The highest BCUT2D eigenvalue weighted by Gasteiger charge is 2.58. The monoisotopic (exact) mass is 934 g/mol. The molecule has 4 aromatic rings. The fraction of sp³-hybridized carbons (Fsp3) is 0.529. The van der Waals surface area contributed by atoms with Gasteiger partial charge in [0.25, 0.3) is 0 Å². The molecule has 1 aliphatic heterocycles. The van der Waals surface area contributed by atoms with Crippen LogP contribution in [0.1, 0.15) is 101 Å². The lowest BCUT2D eigenvalue weighted by atomic mass is 9.69. The zero-order valence-corrected chi connectivity index (χ0v) is 42.8. The van der Waals surface area contributed by atoms with E-state index in [1.807, 2.05) is 30.3 Å². The quantitative estimate of drug-likeness (QED) is 0.0586. The summed E-state index contributed by atoms with van der Waals surface area (Å²) in [5.74, 6) is -1.54. The highest BCUT2D eigenvalue weighted by Crippen LogP contribution is 2.52. The molecular weight excluding hydrogens is 863 g/mol. The average molecular weight is 935 g/mol. The van der Waals surface area contributed by atoms with Gasteiger partial charge in [0.2, 0.25) is 0 Å². The predicted octanol–water partition coefficient (Wildman–Crippen LogP) is 12.8. The van der Waals surface area contributed by atoms with E-state index in [2.05, 4.69) is 90.8 Å². The zero-order valence-electron chi connectivity index (χ0n) is 41.0. The van der Waals surface area contributed by atoms with E-state index in [1.165, 1.54) is 12.1 Å². The lowest BCUT2D eigenvalue weighted by Crippen LogP contribution is -2.63. The van der Waals surface area contributed by atoms with E-state index in [0.29, 0.717) is 24.5 Å². The van der Waals surface area contributed by atoms with Crippen LogP contribution < -0.4 is 14.3 Å². The minimum Gasteiger partial charge on any atom is -0.481 e. The molecule has 1 fully saturated rings. The first-order valence-corrected chi connectivity index (χ1v) is 28.3. The van der Waals surface area contributed by atoms with Crippen LogP contribution in [0.5, 0.6) is 11.5 Å². The Bertz CT molecular complexity index is 2310. The number of nitrogens with one attached hydrogen (secondary N) is 1. The number of rotatable bonds is 18. The van der Waals surface area contributed by atoms with Gasteiger partial charge in [0.1, 0.15) is 23.4 Å². The highest BCUT2D eigenvalue weighted by molar-refractivity contribution is 7.57. The van der Waals surface area contributed by atoms with Crippen molar-refractivity contribution in [3.63, 3.8) is 0 Å². The molecule has 1 unspecified atom stereocenters. The SMILES string of the molecule is CC(C)OC(=O)[C@H](C)NP(=O)(COc1ccc2c(c1)c(-c1ccc(F)cc1)c(/C=C/[C@@H]1C[C@H](CC(=O)OCC[Si](C)(C)C)OC(C(C)(C)C)(C(C)(C)C)O1)n2C(C)C)Oc1ccccc1. The van der Waals surface area contributed by atoms with Gasteiger partial charge in [-0.1, -0.05) is 97.6 Å².